The number of unbranched alkanes of at least 4 members (excludes halogenated alkanes) is 1. The zero-order valence-corrected chi connectivity index (χ0v) is 11.8. The van der Waals surface area contributed by atoms with Crippen molar-refractivity contribution in [2.24, 2.45) is 0 Å². The van der Waals surface area contributed by atoms with E-state index in [2.05, 4.69) is 24.1 Å². The van der Waals surface area contributed by atoms with E-state index < -0.39 is 0 Å². The van der Waals surface area contributed by atoms with Gasteiger partial charge >= 0.3 is 0 Å². The van der Waals surface area contributed by atoms with Crippen molar-refractivity contribution >= 4 is 11.3 Å². The quantitative estimate of drug-likeness (QED) is 0.654. The molecule has 4 heteroatoms. The number of rotatable bonds is 10. The largest absolute Gasteiger partial charge is 0.381 e. The molecule has 0 fully saturated rings. The first-order chi connectivity index (χ1) is 8.34. The van der Waals surface area contributed by atoms with Crippen LogP contribution in [0.2, 0.25) is 0 Å². The third-order valence-electron chi connectivity index (χ3n) is 2.64. The molecular weight excluding hydrogens is 232 g/mol. The fraction of sp³-hybridized carbons (Fsp3) is 0.769. The summed E-state index contributed by atoms with van der Waals surface area (Å²) in [6.07, 6.45) is 4.58. The van der Waals surface area contributed by atoms with E-state index in [1.807, 2.05) is 5.51 Å². The monoisotopic (exact) mass is 256 g/mol. The highest BCUT2D eigenvalue weighted by molar-refractivity contribution is 7.09. The minimum absolute atomic E-state index is 0.825. The van der Waals surface area contributed by atoms with Crippen LogP contribution in [-0.2, 0) is 11.2 Å². The Labute approximate surface area is 109 Å². The van der Waals surface area contributed by atoms with Gasteiger partial charge in [-0.2, -0.15) is 0 Å². The molecule has 1 rings (SSSR count). The summed E-state index contributed by atoms with van der Waals surface area (Å²) in [6.45, 7) is 8.20. The molecule has 0 aliphatic heterocycles. The number of ether oxygens (including phenoxy) is 1. The highest BCUT2D eigenvalue weighted by atomic mass is 32.1. The maximum Gasteiger partial charge on any atom is 0.0797 e. The van der Waals surface area contributed by atoms with Crippen LogP contribution in [-0.4, -0.2) is 31.3 Å². The second-order valence-corrected chi connectivity index (χ2v) is 5.12. The zero-order valence-electron chi connectivity index (χ0n) is 11.0. The third kappa shape index (κ3) is 6.76. The lowest BCUT2D eigenvalue weighted by Crippen LogP contribution is -2.16. The maximum absolute atomic E-state index is 5.62. The average molecular weight is 256 g/mol. The van der Waals surface area contributed by atoms with Crippen molar-refractivity contribution in [2.75, 3.05) is 26.3 Å². The highest BCUT2D eigenvalue weighted by Gasteiger charge is 2.00. The minimum atomic E-state index is 0.825. The first kappa shape index (κ1) is 14.6. The fourth-order valence-corrected chi connectivity index (χ4v) is 2.35. The van der Waals surface area contributed by atoms with Gasteiger partial charge < -0.3 is 10.1 Å². The summed E-state index contributed by atoms with van der Waals surface area (Å²) in [5.41, 5.74) is 3.06. The number of nitrogens with one attached hydrogen (secondary N) is 1. The van der Waals surface area contributed by atoms with E-state index in [-0.39, 0.29) is 0 Å². The van der Waals surface area contributed by atoms with Crippen molar-refractivity contribution in [1.82, 2.24) is 10.3 Å². The van der Waals surface area contributed by atoms with Gasteiger partial charge in [-0.15, -0.1) is 11.3 Å². The van der Waals surface area contributed by atoms with Gasteiger partial charge in [0, 0.05) is 17.9 Å². The molecule has 17 heavy (non-hydrogen) atoms. The van der Waals surface area contributed by atoms with Crippen molar-refractivity contribution in [3.8, 4) is 0 Å². The predicted octanol–water partition coefficient (Wildman–Crippen LogP) is 2.79. The molecule has 0 spiro atoms. The topological polar surface area (TPSA) is 34.1 Å². The van der Waals surface area contributed by atoms with Crippen LogP contribution in [0.15, 0.2) is 5.51 Å². The van der Waals surface area contributed by atoms with Crippen LogP contribution in [0.5, 0.6) is 0 Å². The van der Waals surface area contributed by atoms with E-state index >= 15 is 0 Å². The second-order valence-electron chi connectivity index (χ2n) is 4.18. The lowest BCUT2D eigenvalue weighted by Gasteiger charge is -2.04. The smallest absolute Gasteiger partial charge is 0.0797 e. The number of thiazole rings is 1. The van der Waals surface area contributed by atoms with Gasteiger partial charge in [0.1, 0.15) is 0 Å². The molecule has 0 aliphatic carbocycles. The van der Waals surface area contributed by atoms with Crippen LogP contribution < -0.4 is 5.32 Å². The average Bonchev–Trinajstić information content (AvgIpc) is 2.73. The molecule has 1 heterocycles. The Hall–Kier alpha value is -0.450. The lowest BCUT2D eigenvalue weighted by molar-refractivity contribution is 0.133. The second kappa shape index (κ2) is 9.57. The minimum Gasteiger partial charge on any atom is -0.381 e. The van der Waals surface area contributed by atoms with Crippen molar-refractivity contribution in [3.05, 3.63) is 16.1 Å². The first-order valence-electron chi connectivity index (χ1n) is 6.52. The Morgan fingerprint density at radius 1 is 1.29 bits per heavy atom. The zero-order chi connectivity index (χ0) is 12.3. The molecule has 0 atom stereocenters. The van der Waals surface area contributed by atoms with E-state index in [1.165, 1.54) is 17.7 Å². The van der Waals surface area contributed by atoms with Crippen LogP contribution in [0.1, 0.15) is 36.8 Å². The molecule has 0 unspecified atom stereocenters. The van der Waals surface area contributed by atoms with Crippen molar-refractivity contribution < 1.29 is 4.74 Å². The van der Waals surface area contributed by atoms with Crippen LogP contribution in [0.4, 0.5) is 0 Å². The van der Waals surface area contributed by atoms with E-state index in [4.69, 9.17) is 4.74 Å². The summed E-state index contributed by atoms with van der Waals surface area (Å²) in [4.78, 5) is 5.58. The van der Waals surface area contributed by atoms with Crippen molar-refractivity contribution in [2.45, 2.75) is 39.5 Å². The van der Waals surface area contributed by atoms with Crippen molar-refractivity contribution in [1.29, 1.82) is 0 Å². The molecule has 0 saturated heterocycles. The highest BCUT2D eigenvalue weighted by Crippen LogP contribution is 2.12. The summed E-state index contributed by atoms with van der Waals surface area (Å²) in [5.74, 6) is 0. The van der Waals surface area contributed by atoms with E-state index in [9.17, 15) is 0 Å². The molecule has 98 valence electrons. The molecule has 0 aliphatic rings. The number of nitrogens with zero attached hydrogens (tertiary/aromatic N) is 1. The fourth-order valence-electron chi connectivity index (χ4n) is 1.59. The molecule has 1 N–H and O–H groups in total. The summed E-state index contributed by atoms with van der Waals surface area (Å²) >= 11 is 1.73. The van der Waals surface area contributed by atoms with E-state index in [0.717, 1.165) is 44.8 Å². The van der Waals surface area contributed by atoms with Gasteiger partial charge in [0.2, 0.25) is 0 Å². The Bertz CT molecular complexity index is 289. The molecule has 1 aromatic rings. The maximum atomic E-state index is 5.62. The summed E-state index contributed by atoms with van der Waals surface area (Å²) in [7, 11) is 0. The molecular formula is C13H24N2OS. The number of aryl methyl sites for hydroxylation is 1. The van der Waals surface area contributed by atoms with Crippen LogP contribution >= 0.6 is 11.3 Å². The summed E-state index contributed by atoms with van der Waals surface area (Å²) in [6, 6.07) is 0. The Balaban J connectivity index is 1.86. The molecule has 0 aromatic carbocycles. The van der Waals surface area contributed by atoms with Gasteiger partial charge in [-0.05, 0) is 39.3 Å². The normalized spacial score (nSPS) is 10.9. The van der Waals surface area contributed by atoms with Gasteiger partial charge in [0.05, 0.1) is 17.8 Å². The molecule has 0 bridgehead atoms. The predicted molar refractivity (Wildman–Crippen MR) is 73.8 cm³/mol. The van der Waals surface area contributed by atoms with Gasteiger partial charge in [0.15, 0.2) is 0 Å². The van der Waals surface area contributed by atoms with Gasteiger partial charge in [-0.1, -0.05) is 6.92 Å². The molecule has 0 saturated carbocycles. The Morgan fingerprint density at radius 3 is 2.88 bits per heavy atom. The van der Waals surface area contributed by atoms with Crippen molar-refractivity contribution in [3.63, 3.8) is 0 Å². The van der Waals surface area contributed by atoms with E-state index in [1.54, 1.807) is 11.3 Å². The van der Waals surface area contributed by atoms with Gasteiger partial charge in [0.25, 0.3) is 0 Å². The number of hydrogen-bond acceptors (Lipinski definition) is 4. The lowest BCUT2D eigenvalue weighted by atomic mass is 10.3. The van der Waals surface area contributed by atoms with Crippen LogP contribution in [0.3, 0.4) is 0 Å². The van der Waals surface area contributed by atoms with Gasteiger partial charge in [-0.25, -0.2) is 4.98 Å². The van der Waals surface area contributed by atoms with E-state index in [0.29, 0.717) is 0 Å². The molecule has 3 nitrogen and oxygen atoms in total. The third-order valence-corrected chi connectivity index (χ3v) is 3.63. The standard InChI is InChI=1S/C13H24N2OS/c1-3-7-14-8-4-5-9-16-10-6-13-12(2)15-11-17-13/h11,14H,3-10H2,1-2H3. The van der Waals surface area contributed by atoms with Crippen LogP contribution in [0.25, 0.3) is 0 Å². The summed E-state index contributed by atoms with van der Waals surface area (Å²) in [5, 5.41) is 3.39. The number of hydrogen-bond donors (Lipinski definition) is 1. The summed E-state index contributed by atoms with van der Waals surface area (Å²) < 4.78 is 5.62. The molecule has 0 amide bonds. The number of aromatic nitrogens is 1. The Morgan fingerprint density at radius 2 is 2.18 bits per heavy atom. The van der Waals surface area contributed by atoms with Gasteiger partial charge in [-0.3, -0.25) is 0 Å². The molecule has 1 aromatic heterocycles. The first-order valence-corrected chi connectivity index (χ1v) is 7.40. The van der Waals surface area contributed by atoms with Crippen LogP contribution in [0, 0.1) is 6.92 Å². The SMILES string of the molecule is CCCNCCCCOCCc1scnc1C. The Kier molecular flexibility index (Phi) is 8.22. The molecule has 0 radical (unpaired) electrons.